The standard InChI is InChI=1S/C16H18ClN3/c1-11-4-5-14-12(9-11)3-2-8-20(14)16-15(17)13(10-18)6-7-19-16/h4-7,9H,2-3,8,10,18H2,1H3. The van der Waals surface area contributed by atoms with Gasteiger partial charge in [0.25, 0.3) is 0 Å². The number of aromatic nitrogens is 1. The minimum atomic E-state index is 0.433. The molecular weight excluding hydrogens is 270 g/mol. The Morgan fingerprint density at radius 2 is 2.20 bits per heavy atom. The molecule has 2 N–H and O–H groups in total. The molecule has 0 saturated heterocycles. The van der Waals surface area contributed by atoms with Crippen molar-refractivity contribution in [3.8, 4) is 0 Å². The van der Waals surface area contributed by atoms with E-state index in [0.717, 1.165) is 30.8 Å². The quantitative estimate of drug-likeness (QED) is 0.918. The van der Waals surface area contributed by atoms with Crippen LogP contribution in [0.3, 0.4) is 0 Å². The highest BCUT2D eigenvalue weighted by Crippen LogP contribution is 2.37. The molecule has 1 aliphatic heterocycles. The zero-order valence-corrected chi connectivity index (χ0v) is 12.3. The van der Waals surface area contributed by atoms with Crippen molar-refractivity contribution in [2.24, 2.45) is 5.73 Å². The monoisotopic (exact) mass is 287 g/mol. The van der Waals surface area contributed by atoms with Gasteiger partial charge in [0.15, 0.2) is 5.82 Å². The number of hydrogen-bond donors (Lipinski definition) is 1. The van der Waals surface area contributed by atoms with E-state index in [4.69, 9.17) is 17.3 Å². The van der Waals surface area contributed by atoms with E-state index < -0.39 is 0 Å². The van der Waals surface area contributed by atoms with E-state index in [1.165, 1.54) is 16.8 Å². The van der Waals surface area contributed by atoms with Crippen molar-refractivity contribution in [3.05, 3.63) is 52.2 Å². The number of nitrogens with zero attached hydrogens (tertiary/aromatic N) is 2. The highest BCUT2D eigenvalue weighted by molar-refractivity contribution is 6.33. The molecule has 3 rings (SSSR count). The lowest BCUT2D eigenvalue weighted by atomic mass is 9.99. The lowest BCUT2D eigenvalue weighted by molar-refractivity contribution is 0.758. The topological polar surface area (TPSA) is 42.2 Å². The van der Waals surface area contributed by atoms with Crippen LogP contribution in [0, 0.1) is 6.92 Å². The number of anilines is 2. The van der Waals surface area contributed by atoms with E-state index in [1.54, 1.807) is 6.20 Å². The molecule has 20 heavy (non-hydrogen) atoms. The molecule has 0 amide bonds. The molecule has 0 saturated carbocycles. The van der Waals surface area contributed by atoms with Crippen LogP contribution in [0.5, 0.6) is 0 Å². The van der Waals surface area contributed by atoms with Gasteiger partial charge in [0.2, 0.25) is 0 Å². The summed E-state index contributed by atoms with van der Waals surface area (Å²) in [6.45, 7) is 3.50. The lowest BCUT2D eigenvalue weighted by Gasteiger charge is -2.31. The third-order valence-corrected chi connectivity index (χ3v) is 4.19. The molecule has 1 aliphatic rings. The number of aryl methyl sites for hydroxylation is 2. The number of fused-ring (bicyclic) bond motifs is 1. The smallest absolute Gasteiger partial charge is 0.152 e. The first-order valence-electron chi connectivity index (χ1n) is 6.91. The van der Waals surface area contributed by atoms with Crippen LogP contribution in [0.2, 0.25) is 5.02 Å². The molecule has 3 nitrogen and oxygen atoms in total. The molecule has 4 heteroatoms. The van der Waals surface area contributed by atoms with Crippen LogP contribution >= 0.6 is 11.6 Å². The van der Waals surface area contributed by atoms with E-state index in [-0.39, 0.29) is 0 Å². The number of hydrogen-bond acceptors (Lipinski definition) is 3. The van der Waals surface area contributed by atoms with Gasteiger partial charge in [-0.25, -0.2) is 4.98 Å². The predicted molar refractivity (Wildman–Crippen MR) is 83.6 cm³/mol. The Hall–Kier alpha value is -1.58. The van der Waals surface area contributed by atoms with Crippen molar-refractivity contribution in [1.82, 2.24) is 4.98 Å². The Bertz CT molecular complexity index is 640. The first-order chi connectivity index (χ1) is 9.70. The van der Waals surface area contributed by atoms with Crippen LogP contribution in [0.25, 0.3) is 0 Å². The molecular formula is C16H18ClN3. The van der Waals surface area contributed by atoms with E-state index in [9.17, 15) is 0 Å². The van der Waals surface area contributed by atoms with Crippen molar-refractivity contribution in [3.63, 3.8) is 0 Å². The Morgan fingerprint density at radius 1 is 1.35 bits per heavy atom. The average Bonchev–Trinajstić information content (AvgIpc) is 2.46. The summed E-state index contributed by atoms with van der Waals surface area (Å²) in [6.07, 6.45) is 4.01. The van der Waals surface area contributed by atoms with Gasteiger partial charge in [-0.3, -0.25) is 0 Å². The van der Waals surface area contributed by atoms with E-state index in [1.807, 2.05) is 6.07 Å². The second-order valence-electron chi connectivity index (χ2n) is 5.20. The van der Waals surface area contributed by atoms with Crippen LogP contribution in [0.15, 0.2) is 30.5 Å². The van der Waals surface area contributed by atoms with Crippen molar-refractivity contribution >= 4 is 23.1 Å². The summed E-state index contributed by atoms with van der Waals surface area (Å²) in [6, 6.07) is 8.43. The molecule has 0 atom stereocenters. The summed E-state index contributed by atoms with van der Waals surface area (Å²) in [5, 5.41) is 0.670. The highest BCUT2D eigenvalue weighted by atomic mass is 35.5. The molecule has 0 spiro atoms. The van der Waals surface area contributed by atoms with Crippen molar-refractivity contribution in [1.29, 1.82) is 0 Å². The third kappa shape index (κ3) is 2.28. The number of halogens is 1. The highest BCUT2D eigenvalue weighted by Gasteiger charge is 2.22. The minimum Gasteiger partial charge on any atom is -0.326 e. The summed E-state index contributed by atoms with van der Waals surface area (Å²) in [5.74, 6) is 0.819. The SMILES string of the molecule is Cc1ccc2c(c1)CCCN2c1nccc(CN)c1Cl. The summed E-state index contributed by atoms with van der Waals surface area (Å²) < 4.78 is 0. The number of pyridine rings is 1. The van der Waals surface area contributed by atoms with Crippen LogP contribution in [-0.4, -0.2) is 11.5 Å². The van der Waals surface area contributed by atoms with Crippen molar-refractivity contribution in [2.45, 2.75) is 26.3 Å². The van der Waals surface area contributed by atoms with Gasteiger partial charge >= 0.3 is 0 Å². The predicted octanol–water partition coefficient (Wildman–Crippen LogP) is 3.59. The van der Waals surface area contributed by atoms with Gasteiger partial charge in [0.05, 0.1) is 5.02 Å². The molecule has 2 aromatic rings. The molecule has 0 bridgehead atoms. The summed E-state index contributed by atoms with van der Waals surface area (Å²) in [7, 11) is 0. The molecule has 1 aromatic carbocycles. The first kappa shape index (κ1) is 13.4. The third-order valence-electron chi connectivity index (χ3n) is 3.78. The zero-order valence-electron chi connectivity index (χ0n) is 11.6. The van der Waals surface area contributed by atoms with E-state index in [2.05, 4.69) is 35.0 Å². The number of rotatable bonds is 2. The molecule has 0 aliphatic carbocycles. The fraction of sp³-hybridized carbons (Fsp3) is 0.312. The molecule has 1 aromatic heterocycles. The molecule has 0 unspecified atom stereocenters. The van der Waals surface area contributed by atoms with Gasteiger partial charge in [-0.1, -0.05) is 29.3 Å². The Balaban J connectivity index is 2.09. The molecule has 2 heterocycles. The maximum Gasteiger partial charge on any atom is 0.152 e. The van der Waals surface area contributed by atoms with Crippen molar-refractivity contribution in [2.75, 3.05) is 11.4 Å². The van der Waals surface area contributed by atoms with Gasteiger partial charge in [0, 0.05) is 25.0 Å². The summed E-state index contributed by atoms with van der Waals surface area (Å²) in [5.41, 5.74) is 10.5. The fourth-order valence-electron chi connectivity index (χ4n) is 2.76. The largest absolute Gasteiger partial charge is 0.326 e. The maximum atomic E-state index is 6.46. The maximum absolute atomic E-state index is 6.46. The Morgan fingerprint density at radius 3 is 3.00 bits per heavy atom. The van der Waals surface area contributed by atoms with Gasteiger partial charge in [0.1, 0.15) is 0 Å². The second kappa shape index (κ2) is 5.43. The Kier molecular flexibility index (Phi) is 3.64. The normalized spacial score (nSPS) is 14.2. The van der Waals surface area contributed by atoms with Crippen LogP contribution in [0.4, 0.5) is 11.5 Å². The van der Waals surface area contributed by atoms with Crippen LogP contribution in [0.1, 0.15) is 23.1 Å². The van der Waals surface area contributed by atoms with Gasteiger partial charge in [-0.15, -0.1) is 0 Å². The van der Waals surface area contributed by atoms with Crippen molar-refractivity contribution < 1.29 is 0 Å². The Labute approximate surface area is 124 Å². The molecule has 104 valence electrons. The number of benzene rings is 1. The van der Waals surface area contributed by atoms with Crippen LogP contribution < -0.4 is 10.6 Å². The van der Waals surface area contributed by atoms with Gasteiger partial charge in [-0.05, 0) is 43.0 Å². The molecule has 0 radical (unpaired) electrons. The van der Waals surface area contributed by atoms with E-state index >= 15 is 0 Å². The van der Waals surface area contributed by atoms with Crippen LogP contribution in [-0.2, 0) is 13.0 Å². The summed E-state index contributed by atoms with van der Waals surface area (Å²) >= 11 is 6.46. The second-order valence-corrected chi connectivity index (χ2v) is 5.58. The lowest BCUT2D eigenvalue weighted by Crippen LogP contribution is -2.26. The zero-order chi connectivity index (χ0) is 14.1. The van der Waals surface area contributed by atoms with Gasteiger partial charge < -0.3 is 10.6 Å². The fourth-order valence-corrected chi connectivity index (χ4v) is 3.05. The molecule has 0 fully saturated rings. The minimum absolute atomic E-state index is 0.433. The number of nitrogens with two attached hydrogens (primary N) is 1. The van der Waals surface area contributed by atoms with E-state index in [0.29, 0.717) is 11.6 Å². The average molecular weight is 288 g/mol. The first-order valence-corrected chi connectivity index (χ1v) is 7.29. The summed E-state index contributed by atoms with van der Waals surface area (Å²) in [4.78, 5) is 6.68. The van der Waals surface area contributed by atoms with Gasteiger partial charge in [-0.2, -0.15) is 0 Å².